The van der Waals surface area contributed by atoms with Crippen LogP contribution in [0.4, 0.5) is 4.79 Å². The molecule has 0 aliphatic heterocycles. The molecular formula is C12H24N2O. The van der Waals surface area contributed by atoms with E-state index in [1.807, 2.05) is 0 Å². The summed E-state index contributed by atoms with van der Waals surface area (Å²) in [6, 6.07) is 0.369. The van der Waals surface area contributed by atoms with E-state index in [4.69, 9.17) is 0 Å². The largest absolute Gasteiger partial charge is 0.338 e. The van der Waals surface area contributed by atoms with E-state index in [9.17, 15) is 4.79 Å². The van der Waals surface area contributed by atoms with Gasteiger partial charge in [0, 0.05) is 12.6 Å². The van der Waals surface area contributed by atoms with Crippen LogP contribution in [0.5, 0.6) is 0 Å². The van der Waals surface area contributed by atoms with Gasteiger partial charge in [0.25, 0.3) is 0 Å². The molecule has 3 atom stereocenters. The lowest BCUT2D eigenvalue weighted by Crippen LogP contribution is -2.47. The average molecular weight is 212 g/mol. The van der Waals surface area contributed by atoms with Crippen LogP contribution in [0.3, 0.4) is 0 Å². The molecule has 0 heterocycles. The summed E-state index contributed by atoms with van der Waals surface area (Å²) < 4.78 is 0. The van der Waals surface area contributed by atoms with Crippen LogP contribution in [-0.4, -0.2) is 18.6 Å². The van der Waals surface area contributed by atoms with E-state index in [2.05, 4.69) is 31.4 Å². The molecule has 0 saturated heterocycles. The van der Waals surface area contributed by atoms with E-state index >= 15 is 0 Å². The first-order chi connectivity index (χ1) is 7.15. The molecule has 88 valence electrons. The molecule has 0 radical (unpaired) electrons. The number of amides is 2. The average Bonchev–Trinajstić information content (AvgIpc) is 2.22. The smallest absolute Gasteiger partial charge is 0.315 e. The fourth-order valence-electron chi connectivity index (χ4n) is 2.24. The Morgan fingerprint density at radius 1 is 1.33 bits per heavy atom. The molecule has 3 unspecified atom stereocenters. The summed E-state index contributed by atoms with van der Waals surface area (Å²) in [6.45, 7) is 7.35. The van der Waals surface area contributed by atoms with Crippen molar-refractivity contribution >= 4 is 6.03 Å². The van der Waals surface area contributed by atoms with Gasteiger partial charge >= 0.3 is 6.03 Å². The van der Waals surface area contributed by atoms with Crippen LogP contribution < -0.4 is 10.6 Å². The van der Waals surface area contributed by atoms with E-state index < -0.39 is 0 Å². The Morgan fingerprint density at radius 2 is 2.07 bits per heavy atom. The number of urea groups is 1. The second kappa shape index (κ2) is 5.99. The topological polar surface area (TPSA) is 41.1 Å². The summed E-state index contributed by atoms with van der Waals surface area (Å²) in [4.78, 5) is 11.5. The number of nitrogens with one attached hydrogen (secondary N) is 2. The van der Waals surface area contributed by atoms with Gasteiger partial charge in [-0.2, -0.15) is 0 Å². The Hall–Kier alpha value is -0.730. The minimum absolute atomic E-state index is 0.00259. The van der Waals surface area contributed by atoms with E-state index in [1.165, 1.54) is 12.8 Å². The van der Waals surface area contributed by atoms with Crippen molar-refractivity contribution in [1.29, 1.82) is 0 Å². The zero-order chi connectivity index (χ0) is 11.3. The van der Waals surface area contributed by atoms with Crippen LogP contribution in [-0.2, 0) is 0 Å². The Kier molecular flexibility index (Phi) is 4.92. The van der Waals surface area contributed by atoms with Crippen molar-refractivity contribution in [3.8, 4) is 0 Å². The van der Waals surface area contributed by atoms with Gasteiger partial charge in [-0.25, -0.2) is 4.79 Å². The van der Waals surface area contributed by atoms with Gasteiger partial charge in [-0.1, -0.05) is 33.6 Å². The molecule has 3 nitrogen and oxygen atoms in total. The van der Waals surface area contributed by atoms with Gasteiger partial charge in [-0.05, 0) is 24.7 Å². The number of hydrogen-bond acceptors (Lipinski definition) is 1. The van der Waals surface area contributed by atoms with E-state index in [0.29, 0.717) is 12.0 Å². The highest BCUT2D eigenvalue weighted by atomic mass is 16.2. The van der Waals surface area contributed by atoms with Crippen LogP contribution in [0.25, 0.3) is 0 Å². The standard InChI is InChI=1S/C12H24N2O/c1-4-8-13-12(15)14-11-7-5-6-9(2)10(11)3/h9-11H,4-8H2,1-3H3,(H2,13,14,15). The predicted octanol–water partition coefficient (Wildman–Crippen LogP) is 2.52. The molecule has 15 heavy (non-hydrogen) atoms. The van der Waals surface area contributed by atoms with Gasteiger partial charge in [-0.15, -0.1) is 0 Å². The third-order valence-corrected chi connectivity index (χ3v) is 3.56. The van der Waals surface area contributed by atoms with Gasteiger partial charge in [0.1, 0.15) is 0 Å². The number of carbonyl (C=O) groups excluding carboxylic acids is 1. The van der Waals surface area contributed by atoms with E-state index in [-0.39, 0.29) is 6.03 Å². The van der Waals surface area contributed by atoms with Crippen molar-refractivity contribution in [1.82, 2.24) is 10.6 Å². The molecule has 1 aliphatic carbocycles. The van der Waals surface area contributed by atoms with Crippen LogP contribution in [0.15, 0.2) is 0 Å². The van der Waals surface area contributed by atoms with Crippen molar-refractivity contribution in [3.05, 3.63) is 0 Å². The van der Waals surface area contributed by atoms with Crippen molar-refractivity contribution in [2.24, 2.45) is 11.8 Å². The molecular weight excluding hydrogens is 188 g/mol. The van der Waals surface area contributed by atoms with Gasteiger partial charge in [0.15, 0.2) is 0 Å². The monoisotopic (exact) mass is 212 g/mol. The van der Waals surface area contributed by atoms with Crippen LogP contribution >= 0.6 is 0 Å². The summed E-state index contributed by atoms with van der Waals surface area (Å²) in [7, 11) is 0. The summed E-state index contributed by atoms with van der Waals surface area (Å²) in [5.41, 5.74) is 0. The van der Waals surface area contributed by atoms with Crippen LogP contribution in [0, 0.1) is 11.8 Å². The highest BCUT2D eigenvalue weighted by molar-refractivity contribution is 5.74. The zero-order valence-electron chi connectivity index (χ0n) is 10.2. The maximum absolute atomic E-state index is 11.5. The number of carbonyl (C=O) groups is 1. The van der Waals surface area contributed by atoms with Gasteiger partial charge < -0.3 is 10.6 Å². The summed E-state index contributed by atoms with van der Waals surface area (Å²) in [6.07, 6.45) is 4.66. The van der Waals surface area contributed by atoms with Crippen molar-refractivity contribution in [2.75, 3.05) is 6.54 Å². The molecule has 2 amide bonds. The summed E-state index contributed by atoms with van der Waals surface area (Å²) >= 11 is 0. The quantitative estimate of drug-likeness (QED) is 0.741. The summed E-state index contributed by atoms with van der Waals surface area (Å²) in [5.74, 6) is 1.33. The fourth-order valence-corrected chi connectivity index (χ4v) is 2.24. The third kappa shape index (κ3) is 3.73. The molecule has 1 saturated carbocycles. The highest BCUT2D eigenvalue weighted by Gasteiger charge is 2.27. The van der Waals surface area contributed by atoms with Crippen molar-refractivity contribution in [2.45, 2.75) is 52.5 Å². The number of hydrogen-bond donors (Lipinski definition) is 2. The Balaban J connectivity index is 2.33. The van der Waals surface area contributed by atoms with Gasteiger partial charge in [-0.3, -0.25) is 0 Å². The molecule has 0 aromatic rings. The number of rotatable bonds is 3. The first-order valence-electron chi connectivity index (χ1n) is 6.19. The second-order valence-electron chi connectivity index (χ2n) is 4.77. The Morgan fingerprint density at radius 3 is 2.73 bits per heavy atom. The second-order valence-corrected chi connectivity index (χ2v) is 4.77. The molecule has 0 spiro atoms. The molecule has 2 N–H and O–H groups in total. The lowest BCUT2D eigenvalue weighted by molar-refractivity contribution is 0.195. The molecule has 1 aliphatic rings. The molecule has 3 heteroatoms. The SMILES string of the molecule is CCCNC(=O)NC1CCCC(C)C1C. The fraction of sp³-hybridized carbons (Fsp3) is 0.917. The highest BCUT2D eigenvalue weighted by Crippen LogP contribution is 2.29. The van der Waals surface area contributed by atoms with Crippen molar-refractivity contribution in [3.63, 3.8) is 0 Å². The lowest BCUT2D eigenvalue weighted by Gasteiger charge is -2.34. The van der Waals surface area contributed by atoms with E-state index in [0.717, 1.165) is 25.3 Å². The first-order valence-corrected chi connectivity index (χ1v) is 6.19. The molecule has 0 aromatic heterocycles. The van der Waals surface area contributed by atoms with Crippen LogP contribution in [0.2, 0.25) is 0 Å². The van der Waals surface area contributed by atoms with E-state index in [1.54, 1.807) is 0 Å². The third-order valence-electron chi connectivity index (χ3n) is 3.56. The maximum atomic E-state index is 11.5. The summed E-state index contributed by atoms with van der Waals surface area (Å²) in [5, 5.41) is 5.95. The minimum atomic E-state index is 0.00259. The molecule has 1 rings (SSSR count). The minimum Gasteiger partial charge on any atom is -0.338 e. The molecule has 0 aromatic carbocycles. The Labute approximate surface area is 93.0 Å². The zero-order valence-corrected chi connectivity index (χ0v) is 10.2. The predicted molar refractivity (Wildman–Crippen MR) is 62.8 cm³/mol. The van der Waals surface area contributed by atoms with Crippen molar-refractivity contribution < 1.29 is 4.79 Å². The van der Waals surface area contributed by atoms with Gasteiger partial charge in [0.05, 0.1) is 0 Å². The maximum Gasteiger partial charge on any atom is 0.315 e. The van der Waals surface area contributed by atoms with Gasteiger partial charge in [0.2, 0.25) is 0 Å². The molecule has 1 fully saturated rings. The molecule has 0 bridgehead atoms. The Bertz CT molecular complexity index is 206. The lowest BCUT2D eigenvalue weighted by atomic mass is 9.78. The normalized spacial score (nSPS) is 31.0. The first kappa shape index (κ1) is 12.3. The van der Waals surface area contributed by atoms with Crippen LogP contribution in [0.1, 0.15) is 46.5 Å².